The van der Waals surface area contributed by atoms with Crippen molar-refractivity contribution in [1.29, 1.82) is 0 Å². The Bertz CT molecular complexity index is 380. The van der Waals surface area contributed by atoms with Gasteiger partial charge in [0.1, 0.15) is 5.75 Å². The molecule has 0 atom stereocenters. The molecule has 6 heteroatoms. The number of halogens is 3. The lowest BCUT2D eigenvalue weighted by Gasteiger charge is -2.14. The highest BCUT2D eigenvalue weighted by Gasteiger charge is 2.34. The molecule has 0 spiro atoms. The van der Waals surface area contributed by atoms with Crippen molar-refractivity contribution in [3.8, 4) is 5.75 Å². The van der Waals surface area contributed by atoms with Crippen LogP contribution < -0.4 is 10.5 Å². The second-order valence-electron chi connectivity index (χ2n) is 3.80. The molecule has 0 bridgehead atoms. The molecule has 0 amide bonds. The second-order valence-corrected chi connectivity index (χ2v) is 3.80. The van der Waals surface area contributed by atoms with Gasteiger partial charge in [0.15, 0.2) is 0 Å². The van der Waals surface area contributed by atoms with Gasteiger partial charge in [-0.15, -0.1) is 0 Å². The predicted octanol–water partition coefficient (Wildman–Crippen LogP) is 3.09. The summed E-state index contributed by atoms with van der Waals surface area (Å²) in [5, 5.41) is 0. The van der Waals surface area contributed by atoms with Crippen LogP contribution in [0.25, 0.3) is 0 Å². The Morgan fingerprint density at radius 1 is 1.17 bits per heavy atom. The zero-order chi connectivity index (χ0) is 13.6. The van der Waals surface area contributed by atoms with E-state index in [1.807, 2.05) is 0 Å². The first-order valence-corrected chi connectivity index (χ1v) is 5.53. The predicted molar refractivity (Wildman–Crippen MR) is 62.5 cm³/mol. The number of hydrogen-bond donors (Lipinski definition) is 1. The first-order valence-electron chi connectivity index (χ1n) is 5.53. The summed E-state index contributed by atoms with van der Waals surface area (Å²) in [6.45, 7) is 0.785. The Hall–Kier alpha value is -1.43. The molecule has 2 N–H and O–H groups in total. The average molecular weight is 263 g/mol. The maximum atomic E-state index is 12.7. The van der Waals surface area contributed by atoms with E-state index in [4.69, 9.17) is 15.2 Å². The smallest absolute Gasteiger partial charge is 0.420 e. The minimum atomic E-state index is -4.46. The van der Waals surface area contributed by atoms with Crippen LogP contribution in [-0.4, -0.2) is 20.3 Å². The first-order chi connectivity index (χ1) is 8.45. The van der Waals surface area contributed by atoms with Crippen LogP contribution in [-0.2, 0) is 10.9 Å². The van der Waals surface area contributed by atoms with E-state index in [2.05, 4.69) is 0 Å². The molecule has 0 aromatic heterocycles. The standard InChI is InChI=1S/C12H16F3NO2/c1-17-6-2-3-7-18-11-5-4-9(16)8-10(11)12(13,14)15/h4-5,8H,2-3,6-7,16H2,1H3. The largest absolute Gasteiger partial charge is 0.493 e. The number of unbranched alkanes of at least 4 members (excludes halogenated alkanes) is 1. The van der Waals surface area contributed by atoms with Crippen molar-refractivity contribution in [3.63, 3.8) is 0 Å². The number of nitrogen functional groups attached to an aromatic ring is 1. The van der Waals surface area contributed by atoms with Gasteiger partial charge in [0.2, 0.25) is 0 Å². The highest BCUT2D eigenvalue weighted by molar-refractivity contribution is 5.49. The molecule has 0 fully saturated rings. The van der Waals surface area contributed by atoms with E-state index in [0.717, 1.165) is 12.5 Å². The second kappa shape index (κ2) is 6.49. The van der Waals surface area contributed by atoms with Gasteiger partial charge in [-0.25, -0.2) is 0 Å². The minimum absolute atomic E-state index is 0.0639. The molecule has 3 nitrogen and oxygen atoms in total. The molecule has 102 valence electrons. The Kier molecular flexibility index (Phi) is 5.27. The van der Waals surface area contributed by atoms with Crippen LogP contribution in [0.15, 0.2) is 18.2 Å². The van der Waals surface area contributed by atoms with Crippen molar-refractivity contribution in [2.45, 2.75) is 19.0 Å². The number of anilines is 1. The van der Waals surface area contributed by atoms with Crippen LogP contribution in [0, 0.1) is 0 Å². The summed E-state index contributed by atoms with van der Waals surface area (Å²) in [6.07, 6.45) is -3.08. The van der Waals surface area contributed by atoms with Crippen molar-refractivity contribution in [3.05, 3.63) is 23.8 Å². The van der Waals surface area contributed by atoms with E-state index in [0.29, 0.717) is 13.0 Å². The molecule has 0 heterocycles. The first kappa shape index (κ1) is 14.6. The molecule has 0 saturated heterocycles. The van der Waals surface area contributed by atoms with Crippen molar-refractivity contribution in [2.75, 3.05) is 26.1 Å². The normalized spacial score (nSPS) is 11.6. The average Bonchev–Trinajstić information content (AvgIpc) is 2.29. The highest BCUT2D eigenvalue weighted by atomic mass is 19.4. The minimum Gasteiger partial charge on any atom is -0.493 e. The zero-order valence-corrected chi connectivity index (χ0v) is 10.1. The molecule has 0 unspecified atom stereocenters. The van der Waals surface area contributed by atoms with Gasteiger partial charge < -0.3 is 15.2 Å². The van der Waals surface area contributed by atoms with Crippen LogP contribution in [0.1, 0.15) is 18.4 Å². The van der Waals surface area contributed by atoms with Crippen LogP contribution in [0.2, 0.25) is 0 Å². The molecular formula is C12H16F3NO2. The van der Waals surface area contributed by atoms with Gasteiger partial charge in [0.05, 0.1) is 12.2 Å². The van der Waals surface area contributed by atoms with E-state index in [1.54, 1.807) is 7.11 Å². The molecule has 0 aliphatic heterocycles. The lowest BCUT2D eigenvalue weighted by atomic mass is 10.1. The number of methoxy groups -OCH3 is 1. The van der Waals surface area contributed by atoms with Gasteiger partial charge in [0.25, 0.3) is 0 Å². The van der Waals surface area contributed by atoms with Gasteiger partial charge in [-0.3, -0.25) is 0 Å². The van der Waals surface area contributed by atoms with Crippen molar-refractivity contribution < 1.29 is 22.6 Å². The van der Waals surface area contributed by atoms with E-state index >= 15 is 0 Å². The van der Waals surface area contributed by atoms with Gasteiger partial charge >= 0.3 is 6.18 Å². The molecular weight excluding hydrogens is 247 g/mol. The fourth-order valence-corrected chi connectivity index (χ4v) is 1.43. The number of rotatable bonds is 6. The van der Waals surface area contributed by atoms with Crippen molar-refractivity contribution >= 4 is 5.69 Å². The fourth-order valence-electron chi connectivity index (χ4n) is 1.43. The summed E-state index contributed by atoms with van der Waals surface area (Å²) in [6, 6.07) is 3.51. The van der Waals surface area contributed by atoms with E-state index in [1.165, 1.54) is 12.1 Å². The SMILES string of the molecule is COCCCCOc1ccc(N)cc1C(F)(F)F. The molecule has 1 aromatic carbocycles. The molecule has 0 saturated carbocycles. The lowest BCUT2D eigenvalue weighted by Crippen LogP contribution is -2.10. The summed E-state index contributed by atoms with van der Waals surface area (Å²) in [5.41, 5.74) is 4.57. The molecule has 18 heavy (non-hydrogen) atoms. The third-order valence-electron chi connectivity index (χ3n) is 2.31. The summed E-state index contributed by atoms with van der Waals surface area (Å²) in [5.74, 6) is -0.186. The van der Waals surface area contributed by atoms with Crippen LogP contribution >= 0.6 is 0 Å². The van der Waals surface area contributed by atoms with Crippen molar-refractivity contribution in [1.82, 2.24) is 0 Å². The Labute approximate surface area is 104 Å². The Morgan fingerprint density at radius 2 is 1.83 bits per heavy atom. The summed E-state index contributed by atoms with van der Waals surface area (Å²) >= 11 is 0. The monoisotopic (exact) mass is 263 g/mol. The summed E-state index contributed by atoms with van der Waals surface area (Å²) in [4.78, 5) is 0. The molecule has 0 aliphatic carbocycles. The van der Waals surface area contributed by atoms with Gasteiger partial charge in [-0.05, 0) is 31.0 Å². The maximum Gasteiger partial charge on any atom is 0.420 e. The number of nitrogens with two attached hydrogens (primary N) is 1. The zero-order valence-electron chi connectivity index (χ0n) is 10.1. The van der Waals surface area contributed by atoms with Gasteiger partial charge in [0, 0.05) is 19.4 Å². The van der Waals surface area contributed by atoms with E-state index < -0.39 is 11.7 Å². The van der Waals surface area contributed by atoms with Crippen LogP contribution in [0.5, 0.6) is 5.75 Å². The fraction of sp³-hybridized carbons (Fsp3) is 0.500. The maximum absolute atomic E-state index is 12.7. The van der Waals surface area contributed by atoms with Crippen LogP contribution in [0.4, 0.5) is 18.9 Å². The number of benzene rings is 1. The summed E-state index contributed by atoms with van der Waals surface area (Å²) in [7, 11) is 1.57. The molecule has 0 aliphatic rings. The Morgan fingerprint density at radius 3 is 2.44 bits per heavy atom. The van der Waals surface area contributed by atoms with E-state index in [-0.39, 0.29) is 18.0 Å². The quantitative estimate of drug-likeness (QED) is 0.633. The van der Waals surface area contributed by atoms with E-state index in [9.17, 15) is 13.2 Å². The summed E-state index contributed by atoms with van der Waals surface area (Å²) < 4.78 is 48.1. The lowest BCUT2D eigenvalue weighted by molar-refractivity contribution is -0.138. The highest BCUT2D eigenvalue weighted by Crippen LogP contribution is 2.37. The topological polar surface area (TPSA) is 44.5 Å². The third-order valence-corrected chi connectivity index (χ3v) is 2.31. The van der Waals surface area contributed by atoms with Gasteiger partial charge in [-0.2, -0.15) is 13.2 Å². The number of ether oxygens (including phenoxy) is 2. The third kappa shape index (κ3) is 4.44. The number of alkyl halides is 3. The van der Waals surface area contributed by atoms with Crippen molar-refractivity contribution in [2.24, 2.45) is 0 Å². The van der Waals surface area contributed by atoms with Crippen LogP contribution in [0.3, 0.4) is 0 Å². The molecule has 1 rings (SSSR count). The molecule has 1 aromatic rings. The molecule has 0 radical (unpaired) electrons. The number of hydrogen-bond acceptors (Lipinski definition) is 3. The Balaban J connectivity index is 2.65. The van der Waals surface area contributed by atoms with Gasteiger partial charge in [-0.1, -0.05) is 0 Å².